The summed E-state index contributed by atoms with van der Waals surface area (Å²) in [4.78, 5) is 0. The second kappa shape index (κ2) is 19.9. The van der Waals surface area contributed by atoms with E-state index in [1.54, 1.807) is 0 Å². The number of benzene rings is 3. The van der Waals surface area contributed by atoms with Crippen LogP contribution in [0.15, 0.2) is 59.4 Å². The number of methoxy groups -OCH3 is 1. The standard InChI is InChI=1S/C56H84O3/c1-18-22-23-49-39-28-41(34-45(21-4)53(5,6)7)50(58-26-19-2)25-24-38-31-46(54(8,9)10)35-42(51(38)57-17)30-44-37-48(56(14,15)16)36-43(52(44)59-27-20-3)29-40(49)33-47(32-39)55(11,12)13/h31-37H,18-30H2,1-17H3/b45-34+,50-41+. The van der Waals surface area contributed by atoms with Crippen molar-refractivity contribution in [1.82, 2.24) is 0 Å². The molecular weight excluding hydrogens is 721 g/mol. The summed E-state index contributed by atoms with van der Waals surface area (Å²) in [5.74, 6) is 3.17. The average Bonchev–Trinajstić information content (AvgIpc) is 3.13. The monoisotopic (exact) mass is 805 g/mol. The zero-order valence-electron chi connectivity index (χ0n) is 41.0. The third-order valence-electron chi connectivity index (χ3n) is 12.2. The summed E-state index contributed by atoms with van der Waals surface area (Å²) in [7, 11) is 1.86. The fourth-order valence-electron chi connectivity index (χ4n) is 8.53. The topological polar surface area (TPSA) is 27.7 Å². The molecule has 326 valence electrons. The van der Waals surface area contributed by atoms with Gasteiger partial charge in [-0.1, -0.05) is 165 Å². The zero-order valence-corrected chi connectivity index (χ0v) is 41.0. The van der Waals surface area contributed by atoms with Crippen LogP contribution < -0.4 is 9.47 Å². The van der Waals surface area contributed by atoms with E-state index < -0.39 is 0 Å². The van der Waals surface area contributed by atoms with Gasteiger partial charge in [0.05, 0.1) is 26.1 Å². The van der Waals surface area contributed by atoms with E-state index in [-0.39, 0.29) is 21.7 Å². The number of ether oxygens (including phenoxy) is 3. The van der Waals surface area contributed by atoms with Gasteiger partial charge in [-0.25, -0.2) is 0 Å². The number of rotatable bonds is 12. The summed E-state index contributed by atoms with van der Waals surface area (Å²) in [6.07, 6.45) is 12.9. The van der Waals surface area contributed by atoms with Crippen molar-refractivity contribution in [2.45, 2.75) is 198 Å². The predicted molar refractivity (Wildman–Crippen MR) is 255 cm³/mol. The molecule has 0 aliphatic heterocycles. The first kappa shape index (κ1) is 48.2. The molecule has 0 saturated carbocycles. The van der Waals surface area contributed by atoms with E-state index in [4.69, 9.17) is 14.2 Å². The van der Waals surface area contributed by atoms with Gasteiger partial charge in [-0.05, 0) is 121 Å². The van der Waals surface area contributed by atoms with Crippen molar-refractivity contribution in [2.24, 2.45) is 5.41 Å². The van der Waals surface area contributed by atoms with Crippen molar-refractivity contribution >= 4 is 0 Å². The van der Waals surface area contributed by atoms with E-state index in [2.05, 4.69) is 153 Å². The van der Waals surface area contributed by atoms with Gasteiger partial charge in [-0.15, -0.1) is 0 Å². The number of hydrogen-bond acceptors (Lipinski definition) is 3. The first-order chi connectivity index (χ1) is 27.5. The van der Waals surface area contributed by atoms with Gasteiger partial charge in [-0.3, -0.25) is 0 Å². The van der Waals surface area contributed by atoms with Crippen LogP contribution in [0.3, 0.4) is 0 Å². The molecule has 0 saturated heterocycles. The van der Waals surface area contributed by atoms with E-state index >= 15 is 0 Å². The fourth-order valence-corrected chi connectivity index (χ4v) is 8.53. The Morgan fingerprint density at radius 3 is 1.46 bits per heavy atom. The minimum atomic E-state index is -0.0372. The van der Waals surface area contributed by atoms with Crippen LogP contribution in [0.4, 0.5) is 0 Å². The molecule has 1 aliphatic rings. The smallest absolute Gasteiger partial charge is 0.126 e. The largest absolute Gasteiger partial charge is 0.498 e. The van der Waals surface area contributed by atoms with E-state index in [0.29, 0.717) is 13.2 Å². The molecule has 0 aromatic heterocycles. The molecule has 1 aliphatic carbocycles. The Morgan fingerprint density at radius 1 is 0.542 bits per heavy atom. The van der Waals surface area contributed by atoms with Gasteiger partial charge >= 0.3 is 0 Å². The molecule has 0 heterocycles. The first-order valence-corrected chi connectivity index (χ1v) is 23.3. The highest BCUT2D eigenvalue weighted by molar-refractivity contribution is 5.56. The molecule has 6 bridgehead atoms. The lowest BCUT2D eigenvalue weighted by molar-refractivity contribution is 0.199. The van der Waals surface area contributed by atoms with Crippen molar-refractivity contribution in [2.75, 3.05) is 20.3 Å². The Bertz CT molecular complexity index is 1940. The molecule has 0 fully saturated rings. The molecule has 0 radical (unpaired) electrons. The van der Waals surface area contributed by atoms with Gasteiger partial charge in [0.25, 0.3) is 0 Å². The summed E-state index contributed by atoms with van der Waals surface area (Å²) in [6.45, 7) is 38.7. The minimum absolute atomic E-state index is 0.0150. The molecule has 0 atom stereocenters. The molecule has 3 aromatic rings. The maximum Gasteiger partial charge on any atom is 0.126 e. The Balaban J connectivity index is 2.27. The van der Waals surface area contributed by atoms with Crippen LogP contribution in [-0.2, 0) is 53.1 Å². The van der Waals surface area contributed by atoms with Gasteiger partial charge in [0.2, 0.25) is 0 Å². The van der Waals surface area contributed by atoms with Gasteiger partial charge in [0.15, 0.2) is 0 Å². The Labute approximate surface area is 362 Å². The van der Waals surface area contributed by atoms with Crippen molar-refractivity contribution < 1.29 is 14.2 Å². The molecule has 3 heteroatoms. The van der Waals surface area contributed by atoms with Crippen LogP contribution in [0.2, 0.25) is 0 Å². The van der Waals surface area contributed by atoms with Crippen molar-refractivity contribution in [1.29, 1.82) is 0 Å². The molecule has 59 heavy (non-hydrogen) atoms. The molecule has 0 amide bonds. The second-order valence-corrected chi connectivity index (χ2v) is 21.5. The van der Waals surface area contributed by atoms with Gasteiger partial charge < -0.3 is 14.2 Å². The van der Waals surface area contributed by atoms with E-state index in [1.807, 2.05) is 7.11 Å². The van der Waals surface area contributed by atoms with Crippen molar-refractivity contribution in [3.8, 4) is 11.5 Å². The highest BCUT2D eigenvalue weighted by Gasteiger charge is 2.27. The van der Waals surface area contributed by atoms with Crippen LogP contribution >= 0.6 is 0 Å². The maximum absolute atomic E-state index is 6.95. The van der Waals surface area contributed by atoms with Gasteiger partial charge in [-0.2, -0.15) is 0 Å². The molecule has 0 spiro atoms. The number of allylic oxidation sites excluding steroid dienone is 4. The summed E-state index contributed by atoms with van der Waals surface area (Å²) in [5, 5.41) is 0. The van der Waals surface area contributed by atoms with E-state index in [0.717, 1.165) is 87.9 Å². The lowest BCUT2D eigenvalue weighted by atomic mass is 9.78. The molecule has 3 nitrogen and oxygen atoms in total. The quantitative estimate of drug-likeness (QED) is 0.182. The lowest BCUT2D eigenvalue weighted by Crippen LogP contribution is -2.17. The SMILES string of the molecule is CCCCc1c2cc(C(C)(C)C)cc1Cc1cc(C(C)(C)C)cc(c1OCCC)Cc1cc(C(C)(C)C)cc(c1OC)CC/C(OCCC)=C(\C=C(/CC)C(C)(C)C)C2. The van der Waals surface area contributed by atoms with E-state index in [1.165, 1.54) is 66.8 Å². The number of aryl methyl sites for hydroxylation is 1. The van der Waals surface area contributed by atoms with Gasteiger partial charge in [0.1, 0.15) is 11.5 Å². The lowest BCUT2D eigenvalue weighted by Gasteiger charge is -2.29. The normalized spacial score (nSPS) is 16.0. The van der Waals surface area contributed by atoms with Gasteiger partial charge in [0, 0.05) is 25.7 Å². The first-order valence-electron chi connectivity index (χ1n) is 23.3. The number of fused-ring (bicyclic) bond motifs is 6. The molecule has 3 aromatic carbocycles. The average molecular weight is 805 g/mol. The Morgan fingerprint density at radius 2 is 1.00 bits per heavy atom. The Hall–Kier alpha value is -3.46. The molecular formula is C56H84O3. The third-order valence-corrected chi connectivity index (χ3v) is 12.2. The number of hydrogen-bond donors (Lipinski definition) is 0. The summed E-state index contributed by atoms with van der Waals surface area (Å²) in [6, 6.07) is 14.8. The fraction of sp³-hybridized carbons (Fsp3) is 0.607. The van der Waals surface area contributed by atoms with Crippen LogP contribution in [0.25, 0.3) is 0 Å². The van der Waals surface area contributed by atoms with E-state index in [9.17, 15) is 0 Å². The predicted octanol–water partition coefficient (Wildman–Crippen LogP) is 15.5. The number of unbranched alkanes of at least 4 members (excludes halogenated alkanes) is 1. The van der Waals surface area contributed by atoms with Crippen LogP contribution in [-0.4, -0.2) is 20.3 Å². The van der Waals surface area contributed by atoms with Crippen molar-refractivity contribution in [3.63, 3.8) is 0 Å². The summed E-state index contributed by atoms with van der Waals surface area (Å²) >= 11 is 0. The van der Waals surface area contributed by atoms with Crippen LogP contribution in [0.1, 0.15) is 205 Å². The minimum Gasteiger partial charge on any atom is -0.498 e. The highest BCUT2D eigenvalue weighted by atomic mass is 16.5. The zero-order chi connectivity index (χ0) is 43.9. The van der Waals surface area contributed by atoms with Crippen molar-refractivity contribution in [3.05, 3.63) is 115 Å². The second-order valence-electron chi connectivity index (χ2n) is 21.5. The van der Waals surface area contributed by atoms with Crippen LogP contribution in [0, 0.1) is 5.41 Å². The third kappa shape index (κ3) is 12.5. The molecule has 4 rings (SSSR count). The maximum atomic E-state index is 6.95. The molecule has 0 unspecified atom stereocenters. The molecule has 0 N–H and O–H groups in total. The highest BCUT2D eigenvalue weighted by Crippen LogP contribution is 2.42. The summed E-state index contributed by atoms with van der Waals surface area (Å²) < 4.78 is 20.4. The van der Waals surface area contributed by atoms with Crippen LogP contribution in [0.5, 0.6) is 11.5 Å². The summed E-state index contributed by atoms with van der Waals surface area (Å²) in [5.41, 5.74) is 16.2. The Kier molecular flexibility index (Phi) is 16.3.